The van der Waals surface area contributed by atoms with Gasteiger partial charge in [0.05, 0.1) is 22.6 Å². The second kappa shape index (κ2) is 8.53. The van der Waals surface area contributed by atoms with Crippen molar-refractivity contribution < 1.29 is 4.79 Å². The summed E-state index contributed by atoms with van der Waals surface area (Å²) >= 11 is 12.0. The lowest BCUT2D eigenvalue weighted by Crippen LogP contribution is -2.26. The van der Waals surface area contributed by atoms with Gasteiger partial charge in [-0.2, -0.15) is 5.10 Å². The second-order valence-electron chi connectivity index (χ2n) is 7.17. The number of carbonyl (C=O) groups is 1. The molecule has 0 aliphatic carbocycles. The van der Waals surface area contributed by atoms with E-state index in [9.17, 15) is 9.59 Å². The molecule has 1 amide bonds. The first-order valence-corrected chi connectivity index (χ1v) is 10.4. The van der Waals surface area contributed by atoms with E-state index in [2.05, 4.69) is 15.4 Å². The fourth-order valence-electron chi connectivity index (χ4n) is 3.26. The predicted molar refractivity (Wildman–Crippen MR) is 122 cm³/mol. The molecule has 0 aliphatic heterocycles. The summed E-state index contributed by atoms with van der Waals surface area (Å²) in [7, 11) is 0. The van der Waals surface area contributed by atoms with E-state index in [0.717, 1.165) is 11.3 Å². The minimum absolute atomic E-state index is 0.0823. The van der Waals surface area contributed by atoms with Crippen molar-refractivity contribution in [2.75, 3.05) is 5.32 Å². The molecule has 31 heavy (non-hydrogen) atoms. The first kappa shape index (κ1) is 21.1. The quantitative estimate of drug-likeness (QED) is 0.478. The van der Waals surface area contributed by atoms with Crippen molar-refractivity contribution >= 4 is 45.8 Å². The minimum Gasteiger partial charge on any atom is -0.325 e. The van der Waals surface area contributed by atoms with Crippen molar-refractivity contribution in [3.63, 3.8) is 0 Å². The van der Waals surface area contributed by atoms with Crippen LogP contribution in [0.3, 0.4) is 0 Å². The van der Waals surface area contributed by atoms with E-state index < -0.39 is 0 Å². The summed E-state index contributed by atoms with van der Waals surface area (Å²) < 4.78 is 3.12. The smallest absolute Gasteiger partial charge is 0.264 e. The molecule has 4 rings (SSSR count). The molecular weight excluding hydrogens is 437 g/mol. The third-order valence-electron chi connectivity index (χ3n) is 4.92. The van der Waals surface area contributed by atoms with Gasteiger partial charge in [0.1, 0.15) is 11.2 Å². The van der Waals surface area contributed by atoms with Crippen molar-refractivity contribution in [1.29, 1.82) is 0 Å². The molecule has 0 atom stereocenters. The van der Waals surface area contributed by atoms with E-state index in [4.69, 9.17) is 23.2 Å². The predicted octanol–water partition coefficient (Wildman–Crippen LogP) is 4.53. The molecule has 0 spiro atoms. The lowest BCUT2D eigenvalue weighted by molar-refractivity contribution is -0.116. The summed E-state index contributed by atoms with van der Waals surface area (Å²) in [6.45, 7) is 3.92. The van der Waals surface area contributed by atoms with Crippen molar-refractivity contribution in [2.45, 2.75) is 26.8 Å². The van der Waals surface area contributed by atoms with E-state index in [1.807, 2.05) is 31.2 Å². The molecule has 7 nitrogen and oxygen atoms in total. The third-order valence-corrected chi connectivity index (χ3v) is 5.47. The molecule has 0 fully saturated rings. The molecule has 2 aromatic heterocycles. The van der Waals surface area contributed by atoms with Gasteiger partial charge in [-0.05, 0) is 44.2 Å². The Morgan fingerprint density at radius 1 is 1.10 bits per heavy atom. The van der Waals surface area contributed by atoms with Crippen LogP contribution in [0.4, 0.5) is 5.69 Å². The number of rotatable bonds is 5. The van der Waals surface area contributed by atoms with Gasteiger partial charge >= 0.3 is 0 Å². The Bertz CT molecular complexity index is 1340. The number of amides is 1. The highest BCUT2D eigenvalue weighted by Gasteiger charge is 2.15. The van der Waals surface area contributed by atoms with Crippen molar-refractivity contribution in [3.05, 3.63) is 80.4 Å². The van der Waals surface area contributed by atoms with Crippen molar-refractivity contribution in [2.24, 2.45) is 0 Å². The molecule has 0 aliphatic rings. The van der Waals surface area contributed by atoms with Crippen LogP contribution in [0, 0.1) is 13.8 Å². The first-order valence-electron chi connectivity index (χ1n) is 9.60. The number of anilines is 1. The Hall–Kier alpha value is -3.16. The average molecular weight is 456 g/mol. The number of benzene rings is 2. The molecule has 0 saturated heterocycles. The first-order chi connectivity index (χ1) is 14.8. The van der Waals surface area contributed by atoms with Gasteiger partial charge in [0, 0.05) is 18.0 Å². The summed E-state index contributed by atoms with van der Waals surface area (Å²) in [5.41, 5.74) is 2.67. The van der Waals surface area contributed by atoms with Crippen molar-refractivity contribution in [3.8, 4) is 5.69 Å². The second-order valence-corrected chi connectivity index (χ2v) is 8.01. The molecule has 0 unspecified atom stereocenters. The number of hydrogen-bond acceptors (Lipinski definition) is 4. The summed E-state index contributed by atoms with van der Waals surface area (Å²) in [6, 6.07) is 12.6. The van der Waals surface area contributed by atoms with Crippen LogP contribution in [-0.4, -0.2) is 25.2 Å². The van der Waals surface area contributed by atoms with Crippen LogP contribution in [0.15, 0.2) is 53.5 Å². The maximum absolute atomic E-state index is 13.0. The number of halogens is 2. The highest BCUT2D eigenvalue weighted by atomic mass is 35.5. The average Bonchev–Trinajstić information content (AvgIpc) is 3.14. The van der Waals surface area contributed by atoms with E-state index in [-0.39, 0.29) is 24.4 Å². The molecule has 0 bridgehead atoms. The molecule has 158 valence electrons. The van der Waals surface area contributed by atoms with Gasteiger partial charge in [-0.3, -0.25) is 14.2 Å². The van der Waals surface area contributed by atoms with Gasteiger partial charge in [-0.1, -0.05) is 40.9 Å². The van der Waals surface area contributed by atoms with Gasteiger partial charge in [0.2, 0.25) is 5.91 Å². The molecule has 1 N–H and O–H groups in total. The summed E-state index contributed by atoms with van der Waals surface area (Å²) in [5, 5.41) is 8.30. The van der Waals surface area contributed by atoms with Crippen LogP contribution >= 0.6 is 23.2 Å². The van der Waals surface area contributed by atoms with E-state index in [1.165, 1.54) is 10.8 Å². The van der Waals surface area contributed by atoms with E-state index in [1.54, 1.807) is 29.8 Å². The van der Waals surface area contributed by atoms with Crippen molar-refractivity contribution in [1.82, 2.24) is 19.3 Å². The summed E-state index contributed by atoms with van der Waals surface area (Å²) in [5.74, 6) is 0.231. The Labute approximate surface area is 188 Å². The molecule has 9 heteroatoms. The SMILES string of the molecule is Cc1ccc(-n2ncc3c(=O)n(CCC(=O)Nc4ccc(Cl)cc4Cl)c(C)nc32)cc1. The molecule has 2 heterocycles. The largest absolute Gasteiger partial charge is 0.325 e. The molecular formula is C22H19Cl2N5O2. The summed E-state index contributed by atoms with van der Waals surface area (Å²) in [6.07, 6.45) is 1.59. The highest BCUT2D eigenvalue weighted by Crippen LogP contribution is 2.25. The van der Waals surface area contributed by atoms with Gasteiger partial charge in [-0.25, -0.2) is 9.67 Å². The Balaban J connectivity index is 1.56. The van der Waals surface area contributed by atoms with Crippen LogP contribution in [0.25, 0.3) is 16.7 Å². The minimum atomic E-state index is -0.272. The van der Waals surface area contributed by atoms with Gasteiger partial charge in [-0.15, -0.1) is 0 Å². The van der Waals surface area contributed by atoms with Gasteiger partial charge in [0.15, 0.2) is 5.65 Å². The number of nitrogens with zero attached hydrogens (tertiary/aromatic N) is 4. The number of fused-ring (bicyclic) bond motifs is 1. The standard InChI is InChI=1S/C22H19Cl2N5O2/c1-13-3-6-16(7-4-13)29-21-17(12-25-29)22(31)28(14(2)26-21)10-9-20(30)27-19-8-5-15(23)11-18(19)24/h3-8,11-12H,9-10H2,1-2H3,(H,27,30). The number of hydrogen-bond donors (Lipinski definition) is 1. The monoisotopic (exact) mass is 455 g/mol. The van der Waals surface area contributed by atoms with Gasteiger partial charge in [0.25, 0.3) is 5.56 Å². The maximum atomic E-state index is 13.0. The maximum Gasteiger partial charge on any atom is 0.264 e. The highest BCUT2D eigenvalue weighted by molar-refractivity contribution is 6.36. The zero-order valence-electron chi connectivity index (χ0n) is 16.9. The van der Waals surface area contributed by atoms with Crippen LogP contribution in [0.2, 0.25) is 10.0 Å². The molecule has 2 aromatic carbocycles. The zero-order valence-corrected chi connectivity index (χ0v) is 18.4. The fraction of sp³-hybridized carbons (Fsp3) is 0.182. The van der Waals surface area contributed by atoms with Crippen LogP contribution in [0.5, 0.6) is 0 Å². The lowest BCUT2D eigenvalue weighted by atomic mass is 10.2. The number of carbonyl (C=O) groups excluding carboxylic acids is 1. The van der Waals surface area contributed by atoms with Crippen LogP contribution in [-0.2, 0) is 11.3 Å². The fourth-order valence-corrected chi connectivity index (χ4v) is 3.72. The number of aromatic nitrogens is 4. The van der Waals surface area contributed by atoms with Gasteiger partial charge < -0.3 is 5.32 Å². The molecule has 0 saturated carbocycles. The Morgan fingerprint density at radius 3 is 2.55 bits per heavy atom. The van der Waals surface area contributed by atoms with Crippen LogP contribution < -0.4 is 10.9 Å². The third kappa shape index (κ3) is 4.33. The number of nitrogens with one attached hydrogen (secondary N) is 1. The Kier molecular flexibility index (Phi) is 5.80. The topological polar surface area (TPSA) is 81.8 Å². The molecule has 0 radical (unpaired) electrons. The molecule has 4 aromatic rings. The van der Waals surface area contributed by atoms with E-state index in [0.29, 0.717) is 32.6 Å². The zero-order chi connectivity index (χ0) is 22.1. The normalized spacial score (nSPS) is 11.1. The summed E-state index contributed by atoms with van der Waals surface area (Å²) in [4.78, 5) is 30.0. The Morgan fingerprint density at radius 2 is 1.84 bits per heavy atom. The van der Waals surface area contributed by atoms with Crippen LogP contribution in [0.1, 0.15) is 17.8 Å². The van der Waals surface area contributed by atoms with E-state index >= 15 is 0 Å². The lowest BCUT2D eigenvalue weighted by Gasteiger charge is -2.11. The number of aryl methyl sites for hydroxylation is 2.